The van der Waals surface area contributed by atoms with E-state index in [1.807, 2.05) is 23.3 Å². The highest BCUT2D eigenvalue weighted by atomic mass is 32.1. The summed E-state index contributed by atoms with van der Waals surface area (Å²) in [4.78, 5) is 27.0. The second kappa shape index (κ2) is 5.28. The molecule has 2 aromatic heterocycles. The Morgan fingerprint density at radius 2 is 2.30 bits per heavy atom. The molecule has 1 fully saturated rings. The van der Waals surface area contributed by atoms with E-state index in [4.69, 9.17) is 0 Å². The van der Waals surface area contributed by atoms with Crippen LogP contribution in [0, 0.1) is 6.92 Å². The number of hydrogen-bond donors (Lipinski definition) is 0. The van der Waals surface area contributed by atoms with Gasteiger partial charge in [-0.1, -0.05) is 0 Å². The molecule has 0 saturated carbocycles. The SMILES string of the molecule is CC(=O)N1CCC[C@H]1c1nc(C)cc(-c2nccs2)n1. The van der Waals surface area contributed by atoms with Crippen LogP contribution in [0.2, 0.25) is 0 Å². The van der Waals surface area contributed by atoms with Crippen molar-refractivity contribution in [1.82, 2.24) is 19.9 Å². The lowest BCUT2D eigenvalue weighted by Gasteiger charge is -2.22. The molecule has 0 spiro atoms. The highest BCUT2D eigenvalue weighted by Gasteiger charge is 2.30. The fraction of sp³-hybridized carbons (Fsp3) is 0.429. The summed E-state index contributed by atoms with van der Waals surface area (Å²) in [7, 11) is 0. The maximum absolute atomic E-state index is 11.7. The van der Waals surface area contributed by atoms with Gasteiger partial charge in [-0.25, -0.2) is 15.0 Å². The number of hydrogen-bond acceptors (Lipinski definition) is 5. The molecule has 3 heterocycles. The van der Waals surface area contributed by atoms with Gasteiger partial charge in [0.2, 0.25) is 5.91 Å². The normalized spacial score (nSPS) is 18.5. The predicted molar refractivity (Wildman–Crippen MR) is 77.2 cm³/mol. The number of aryl methyl sites for hydroxylation is 1. The van der Waals surface area contributed by atoms with Crippen LogP contribution in [0.1, 0.15) is 37.3 Å². The van der Waals surface area contributed by atoms with Crippen molar-refractivity contribution >= 4 is 17.2 Å². The molecule has 0 N–H and O–H groups in total. The van der Waals surface area contributed by atoms with Gasteiger partial charge in [0, 0.05) is 30.7 Å². The largest absolute Gasteiger partial charge is 0.333 e. The number of carbonyl (C=O) groups is 1. The summed E-state index contributed by atoms with van der Waals surface area (Å²) in [5.41, 5.74) is 1.76. The molecule has 0 aromatic carbocycles. The molecule has 1 saturated heterocycles. The van der Waals surface area contributed by atoms with Crippen LogP contribution in [0.4, 0.5) is 0 Å². The lowest BCUT2D eigenvalue weighted by Crippen LogP contribution is -2.29. The van der Waals surface area contributed by atoms with E-state index in [0.717, 1.165) is 41.6 Å². The molecule has 0 radical (unpaired) electrons. The van der Waals surface area contributed by atoms with Crippen LogP contribution in [0.5, 0.6) is 0 Å². The van der Waals surface area contributed by atoms with Crippen molar-refractivity contribution in [3.05, 3.63) is 29.2 Å². The number of rotatable bonds is 2. The highest BCUT2D eigenvalue weighted by molar-refractivity contribution is 7.13. The van der Waals surface area contributed by atoms with E-state index in [2.05, 4.69) is 15.0 Å². The lowest BCUT2D eigenvalue weighted by atomic mass is 10.2. The smallest absolute Gasteiger partial charge is 0.220 e. The van der Waals surface area contributed by atoms with Gasteiger partial charge in [0.15, 0.2) is 5.82 Å². The van der Waals surface area contributed by atoms with Crippen molar-refractivity contribution in [2.24, 2.45) is 0 Å². The number of carbonyl (C=O) groups excluding carboxylic acids is 1. The summed E-state index contributed by atoms with van der Waals surface area (Å²) in [5.74, 6) is 0.830. The second-order valence-corrected chi connectivity index (χ2v) is 5.86. The Morgan fingerprint density at radius 1 is 1.45 bits per heavy atom. The minimum Gasteiger partial charge on any atom is -0.333 e. The molecule has 104 valence electrons. The third-order valence-corrected chi connectivity index (χ3v) is 4.27. The van der Waals surface area contributed by atoms with Crippen molar-refractivity contribution in [2.45, 2.75) is 32.7 Å². The van der Waals surface area contributed by atoms with Gasteiger partial charge in [0.05, 0.1) is 6.04 Å². The third kappa shape index (κ3) is 2.43. The monoisotopic (exact) mass is 288 g/mol. The predicted octanol–water partition coefficient (Wildman–Crippen LogP) is 2.59. The van der Waals surface area contributed by atoms with Gasteiger partial charge >= 0.3 is 0 Å². The van der Waals surface area contributed by atoms with Gasteiger partial charge in [-0.15, -0.1) is 11.3 Å². The molecule has 1 amide bonds. The van der Waals surface area contributed by atoms with E-state index < -0.39 is 0 Å². The Balaban J connectivity index is 2.00. The second-order valence-electron chi connectivity index (χ2n) is 4.96. The zero-order chi connectivity index (χ0) is 14.1. The third-order valence-electron chi connectivity index (χ3n) is 3.48. The zero-order valence-electron chi connectivity index (χ0n) is 11.5. The molecule has 5 nitrogen and oxygen atoms in total. The van der Waals surface area contributed by atoms with Crippen LogP contribution < -0.4 is 0 Å². The first-order valence-electron chi connectivity index (χ1n) is 6.68. The summed E-state index contributed by atoms with van der Waals surface area (Å²) in [5, 5.41) is 2.83. The van der Waals surface area contributed by atoms with E-state index in [0.29, 0.717) is 0 Å². The van der Waals surface area contributed by atoms with Gasteiger partial charge in [-0.2, -0.15) is 0 Å². The summed E-state index contributed by atoms with van der Waals surface area (Å²) in [6.45, 7) is 4.36. The summed E-state index contributed by atoms with van der Waals surface area (Å²) in [6, 6.07) is 1.95. The topological polar surface area (TPSA) is 59.0 Å². The first kappa shape index (κ1) is 13.2. The van der Waals surface area contributed by atoms with Crippen LogP contribution in [-0.4, -0.2) is 32.3 Å². The molecule has 3 rings (SSSR count). The summed E-state index contributed by atoms with van der Waals surface area (Å²) >= 11 is 1.56. The maximum Gasteiger partial charge on any atom is 0.220 e. The van der Waals surface area contributed by atoms with E-state index in [1.54, 1.807) is 24.5 Å². The van der Waals surface area contributed by atoms with Gasteiger partial charge in [0.1, 0.15) is 10.7 Å². The van der Waals surface area contributed by atoms with Crippen LogP contribution in [0.25, 0.3) is 10.7 Å². The zero-order valence-corrected chi connectivity index (χ0v) is 12.4. The van der Waals surface area contributed by atoms with Gasteiger partial charge in [0.25, 0.3) is 0 Å². The number of nitrogens with zero attached hydrogens (tertiary/aromatic N) is 4. The molecule has 20 heavy (non-hydrogen) atoms. The van der Waals surface area contributed by atoms with Crippen molar-refractivity contribution in [1.29, 1.82) is 0 Å². The average molecular weight is 288 g/mol. The van der Waals surface area contributed by atoms with Gasteiger partial charge in [-0.05, 0) is 25.8 Å². The average Bonchev–Trinajstić information content (AvgIpc) is 3.09. The molecule has 0 aliphatic carbocycles. The van der Waals surface area contributed by atoms with Crippen LogP contribution >= 0.6 is 11.3 Å². The van der Waals surface area contributed by atoms with Crippen molar-refractivity contribution in [2.75, 3.05) is 6.54 Å². The number of amides is 1. The van der Waals surface area contributed by atoms with E-state index >= 15 is 0 Å². The molecule has 2 aromatic rings. The molecule has 1 aliphatic rings. The lowest BCUT2D eigenvalue weighted by molar-refractivity contribution is -0.129. The first-order chi connectivity index (χ1) is 9.65. The molecule has 0 bridgehead atoms. The number of likely N-dealkylation sites (tertiary alicyclic amines) is 1. The molecule has 1 aliphatic heterocycles. The standard InChI is InChI=1S/C14H16N4OS/c1-9-8-11(14-15-5-7-20-14)17-13(16-9)12-4-3-6-18(12)10(2)19/h5,7-8,12H,3-4,6H2,1-2H3/t12-/m0/s1. The van der Waals surface area contributed by atoms with Crippen molar-refractivity contribution in [3.63, 3.8) is 0 Å². The van der Waals surface area contributed by atoms with E-state index in [9.17, 15) is 4.79 Å². The van der Waals surface area contributed by atoms with Crippen LogP contribution in [0.15, 0.2) is 17.6 Å². The van der Waals surface area contributed by atoms with Gasteiger partial charge in [-0.3, -0.25) is 4.79 Å². The van der Waals surface area contributed by atoms with Crippen molar-refractivity contribution in [3.8, 4) is 10.7 Å². The first-order valence-corrected chi connectivity index (χ1v) is 7.56. The van der Waals surface area contributed by atoms with Crippen molar-refractivity contribution < 1.29 is 4.79 Å². The van der Waals surface area contributed by atoms with Gasteiger partial charge < -0.3 is 4.90 Å². The Morgan fingerprint density at radius 3 is 3.00 bits per heavy atom. The molecular weight excluding hydrogens is 272 g/mol. The molecule has 0 unspecified atom stereocenters. The van der Waals surface area contributed by atoms with E-state index in [1.165, 1.54) is 0 Å². The minimum absolute atomic E-state index is 0.00566. The maximum atomic E-state index is 11.7. The minimum atomic E-state index is 0.00566. The Labute approximate surface area is 121 Å². The van der Waals surface area contributed by atoms with E-state index in [-0.39, 0.29) is 11.9 Å². The molecule has 1 atom stereocenters. The number of aromatic nitrogens is 3. The summed E-state index contributed by atoms with van der Waals surface area (Å²) < 4.78 is 0. The Bertz CT molecular complexity index is 626. The highest BCUT2D eigenvalue weighted by Crippen LogP contribution is 2.31. The molecule has 6 heteroatoms. The number of thiazole rings is 1. The Kier molecular flexibility index (Phi) is 3.48. The fourth-order valence-corrected chi connectivity index (χ4v) is 3.21. The fourth-order valence-electron chi connectivity index (χ4n) is 2.61. The summed E-state index contributed by atoms with van der Waals surface area (Å²) in [6.07, 6.45) is 3.71. The quantitative estimate of drug-likeness (QED) is 0.852. The van der Waals surface area contributed by atoms with Crippen LogP contribution in [0.3, 0.4) is 0 Å². The van der Waals surface area contributed by atoms with Crippen LogP contribution in [-0.2, 0) is 4.79 Å². The molecular formula is C14H16N4OS. The Hall–Kier alpha value is -1.82.